The normalized spacial score (nSPS) is 18.7. The number of rotatable bonds is 7. The van der Waals surface area contributed by atoms with E-state index < -0.39 is 6.17 Å². The largest absolute Gasteiger partial charge is 0.490 e. The van der Waals surface area contributed by atoms with E-state index in [1.807, 2.05) is 54.7 Å². The number of ether oxygens (including phenoxy) is 1. The fraction of sp³-hybridized carbons (Fsp3) is 0.227. The fourth-order valence-corrected chi connectivity index (χ4v) is 3.32. The van der Waals surface area contributed by atoms with Gasteiger partial charge in [-0.05, 0) is 35.9 Å². The Labute approximate surface area is 174 Å². The maximum Gasteiger partial charge on any atom is 0.327 e. The molecule has 30 heavy (non-hydrogen) atoms. The van der Waals surface area contributed by atoms with Crippen LogP contribution in [0, 0.1) is 0 Å². The lowest BCUT2D eigenvalue weighted by Gasteiger charge is -2.29. The lowest BCUT2D eigenvalue weighted by Crippen LogP contribution is -2.51. The Morgan fingerprint density at radius 2 is 1.93 bits per heavy atom. The molecule has 7 nitrogen and oxygen atoms in total. The number of benzene rings is 2. The first-order valence-corrected chi connectivity index (χ1v) is 9.73. The van der Waals surface area contributed by atoms with Crippen LogP contribution in [0.15, 0.2) is 66.4 Å². The van der Waals surface area contributed by atoms with Crippen LogP contribution in [0.1, 0.15) is 11.1 Å². The van der Waals surface area contributed by atoms with Gasteiger partial charge in [-0.1, -0.05) is 24.3 Å². The van der Waals surface area contributed by atoms with Crippen molar-refractivity contribution in [3.05, 3.63) is 77.5 Å². The fourth-order valence-electron chi connectivity index (χ4n) is 3.32. The number of fused-ring (bicyclic) bond motifs is 1. The van der Waals surface area contributed by atoms with E-state index in [9.17, 15) is 9.18 Å². The number of urea groups is 1. The Hall–Kier alpha value is -3.36. The van der Waals surface area contributed by atoms with Crippen LogP contribution in [0.4, 0.5) is 14.9 Å². The molecule has 0 aliphatic carbocycles. The Kier molecular flexibility index (Phi) is 5.69. The molecule has 2 amide bonds. The number of alkyl halides is 1. The number of nitrogens with two attached hydrogens (primary N) is 2. The van der Waals surface area contributed by atoms with Crippen LogP contribution in [0.25, 0.3) is 5.70 Å². The third-order valence-corrected chi connectivity index (χ3v) is 4.99. The van der Waals surface area contributed by atoms with E-state index in [0.717, 1.165) is 28.1 Å². The van der Waals surface area contributed by atoms with Crippen molar-refractivity contribution in [3.8, 4) is 5.75 Å². The van der Waals surface area contributed by atoms with Crippen molar-refractivity contribution >= 4 is 17.4 Å². The van der Waals surface area contributed by atoms with Gasteiger partial charge in [-0.2, -0.15) is 0 Å². The highest BCUT2D eigenvalue weighted by atomic mass is 19.1. The summed E-state index contributed by atoms with van der Waals surface area (Å²) in [5.41, 5.74) is 15.3. The number of anilines is 1. The number of hydrogen-bond acceptors (Lipinski definition) is 5. The summed E-state index contributed by atoms with van der Waals surface area (Å²) in [5, 5.41) is 6.25. The second-order valence-corrected chi connectivity index (χ2v) is 7.13. The summed E-state index contributed by atoms with van der Waals surface area (Å²) in [4.78, 5) is 14.2. The lowest BCUT2D eigenvalue weighted by molar-refractivity contribution is 0.201. The molecule has 0 bridgehead atoms. The highest BCUT2D eigenvalue weighted by Crippen LogP contribution is 2.29. The molecule has 0 saturated carbocycles. The molecule has 2 atom stereocenters. The van der Waals surface area contributed by atoms with E-state index in [4.69, 9.17) is 16.2 Å². The molecule has 0 saturated heterocycles. The van der Waals surface area contributed by atoms with Crippen molar-refractivity contribution in [1.29, 1.82) is 0 Å². The van der Waals surface area contributed by atoms with Crippen LogP contribution in [0.5, 0.6) is 5.75 Å². The third-order valence-electron chi connectivity index (χ3n) is 4.99. The molecular formula is C22H24FN5O2. The molecule has 0 radical (unpaired) electrons. The van der Waals surface area contributed by atoms with E-state index in [-0.39, 0.29) is 25.3 Å². The smallest absolute Gasteiger partial charge is 0.327 e. The summed E-state index contributed by atoms with van der Waals surface area (Å²) in [6.45, 7) is 0.286. The zero-order chi connectivity index (χ0) is 21.1. The zero-order valence-electron chi connectivity index (χ0n) is 16.3. The van der Waals surface area contributed by atoms with Crippen LogP contribution in [-0.2, 0) is 6.54 Å². The number of carbonyl (C=O) groups is 1. The van der Waals surface area contributed by atoms with E-state index in [1.54, 1.807) is 11.0 Å². The predicted molar refractivity (Wildman–Crippen MR) is 114 cm³/mol. The van der Waals surface area contributed by atoms with Gasteiger partial charge in [0.25, 0.3) is 0 Å². The zero-order valence-corrected chi connectivity index (χ0v) is 16.3. The van der Waals surface area contributed by atoms with E-state index in [2.05, 4.69) is 10.6 Å². The SMILES string of the molecule is NCc1ccc(N2C=C3C=C(c4cccc(OCC(F)CN)c4)NC3NC2=O)cc1. The molecule has 2 heterocycles. The van der Waals surface area contributed by atoms with Gasteiger partial charge < -0.3 is 26.8 Å². The summed E-state index contributed by atoms with van der Waals surface area (Å²) < 4.78 is 18.8. The van der Waals surface area contributed by atoms with E-state index in [1.165, 1.54) is 0 Å². The predicted octanol–water partition coefficient (Wildman–Crippen LogP) is 2.20. The number of nitrogens with one attached hydrogen (secondary N) is 2. The molecule has 0 spiro atoms. The van der Waals surface area contributed by atoms with Gasteiger partial charge in [-0.15, -0.1) is 0 Å². The third kappa shape index (κ3) is 4.14. The molecule has 156 valence electrons. The van der Waals surface area contributed by atoms with Gasteiger partial charge in [-0.3, -0.25) is 4.90 Å². The Morgan fingerprint density at radius 1 is 1.13 bits per heavy atom. The van der Waals surface area contributed by atoms with Gasteiger partial charge in [0.2, 0.25) is 0 Å². The quantitative estimate of drug-likeness (QED) is 0.561. The van der Waals surface area contributed by atoms with Crippen LogP contribution >= 0.6 is 0 Å². The van der Waals surface area contributed by atoms with Crippen LogP contribution in [0.3, 0.4) is 0 Å². The van der Waals surface area contributed by atoms with Crippen molar-refractivity contribution in [2.45, 2.75) is 18.9 Å². The molecule has 2 aromatic carbocycles. The molecule has 2 aliphatic heterocycles. The maximum atomic E-state index is 13.3. The van der Waals surface area contributed by atoms with Crippen molar-refractivity contribution < 1.29 is 13.9 Å². The van der Waals surface area contributed by atoms with Crippen LogP contribution in [0.2, 0.25) is 0 Å². The minimum Gasteiger partial charge on any atom is -0.490 e. The molecule has 2 unspecified atom stereocenters. The first-order valence-electron chi connectivity index (χ1n) is 9.73. The molecule has 6 N–H and O–H groups in total. The van der Waals surface area contributed by atoms with E-state index >= 15 is 0 Å². The van der Waals surface area contributed by atoms with Crippen LogP contribution < -0.4 is 31.7 Å². The van der Waals surface area contributed by atoms with Gasteiger partial charge in [-0.25, -0.2) is 9.18 Å². The van der Waals surface area contributed by atoms with Gasteiger partial charge in [0.15, 0.2) is 0 Å². The molecule has 2 aliphatic rings. The molecular weight excluding hydrogens is 385 g/mol. The molecule has 4 rings (SSSR count). The minimum absolute atomic E-state index is 0.0760. The number of carbonyl (C=O) groups excluding carboxylic acids is 1. The Bertz CT molecular complexity index is 989. The van der Waals surface area contributed by atoms with E-state index in [0.29, 0.717) is 12.3 Å². The molecule has 0 fully saturated rings. The first kappa shape index (κ1) is 19.9. The monoisotopic (exact) mass is 409 g/mol. The Morgan fingerprint density at radius 3 is 2.67 bits per heavy atom. The summed E-state index contributed by atoms with van der Waals surface area (Å²) >= 11 is 0. The summed E-state index contributed by atoms with van der Waals surface area (Å²) in [5.74, 6) is 0.556. The number of amides is 2. The van der Waals surface area contributed by atoms with Crippen molar-refractivity contribution in [2.75, 3.05) is 18.1 Å². The van der Waals surface area contributed by atoms with Crippen molar-refractivity contribution in [3.63, 3.8) is 0 Å². The molecule has 2 aromatic rings. The topological polar surface area (TPSA) is 106 Å². The summed E-state index contributed by atoms with van der Waals surface area (Å²) in [6.07, 6.45) is 2.27. The maximum absolute atomic E-state index is 13.3. The lowest BCUT2D eigenvalue weighted by atomic mass is 10.1. The number of hydrogen-bond donors (Lipinski definition) is 4. The van der Waals surface area contributed by atoms with Gasteiger partial charge in [0.1, 0.15) is 24.7 Å². The molecule has 8 heteroatoms. The Balaban J connectivity index is 1.54. The van der Waals surface area contributed by atoms with Crippen molar-refractivity contribution in [2.24, 2.45) is 11.5 Å². The second kappa shape index (κ2) is 8.56. The second-order valence-electron chi connectivity index (χ2n) is 7.13. The van der Waals surface area contributed by atoms with Crippen LogP contribution in [-0.4, -0.2) is 31.5 Å². The number of nitrogens with zero attached hydrogens (tertiary/aromatic N) is 1. The van der Waals surface area contributed by atoms with Gasteiger partial charge in [0, 0.05) is 36.1 Å². The molecule has 0 aromatic heterocycles. The average Bonchev–Trinajstić information content (AvgIpc) is 3.20. The van der Waals surface area contributed by atoms with Gasteiger partial charge in [0.05, 0.1) is 5.69 Å². The van der Waals surface area contributed by atoms with Crippen molar-refractivity contribution in [1.82, 2.24) is 10.6 Å². The minimum atomic E-state index is -1.20. The number of halogens is 1. The highest BCUT2D eigenvalue weighted by molar-refractivity contribution is 5.96. The summed E-state index contributed by atoms with van der Waals surface area (Å²) in [7, 11) is 0. The standard InChI is InChI=1S/C22H24FN5O2/c23-17(11-25)13-30-19-3-1-2-15(8-19)20-9-16-12-28(22(29)27-21(16)26-20)18-6-4-14(10-24)5-7-18/h1-9,12,17,21,26H,10-11,13,24-25H2,(H,27,29). The average molecular weight is 409 g/mol. The summed E-state index contributed by atoms with van der Waals surface area (Å²) in [6, 6.07) is 14.7. The first-order chi connectivity index (χ1) is 14.6. The van der Waals surface area contributed by atoms with Gasteiger partial charge >= 0.3 is 6.03 Å². The highest BCUT2D eigenvalue weighted by Gasteiger charge is 2.31.